The standard InChI is InChI=1S/C31H40N2O6/c1-7-19-18-33-14-12-20(19)15-25(33)28(22-11-13-32-24-10-9-21(36-5)16-23(22)24)38-29(35)31(17-27(34)37-6)26(8-2)30(3,4)39-31/h7,9-11,13,16,19-20,25-26,28H,1,8,12,14-15,17-18H2,2-6H3/t19-,20-,25-,26?,28+,31?/m0/s1. The predicted octanol–water partition coefficient (Wildman–Crippen LogP) is 4.86. The van der Waals surface area contributed by atoms with E-state index >= 15 is 0 Å². The largest absolute Gasteiger partial charge is 0.497 e. The minimum Gasteiger partial charge on any atom is -0.497 e. The molecule has 4 fully saturated rings. The second-order valence-electron chi connectivity index (χ2n) is 11.7. The van der Waals surface area contributed by atoms with Gasteiger partial charge in [-0.1, -0.05) is 13.0 Å². The normalized spacial score (nSPS) is 31.7. The Morgan fingerprint density at radius 3 is 2.69 bits per heavy atom. The Kier molecular flexibility index (Phi) is 7.46. The molecule has 0 amide bonds. The van der Waals surface area contributed by atoms with E-state index in [0.717, 1.165) is 42.4 Å². The van der Waals surface area contributed by atoms with Crippen LogP contribution in [-0.2, 0) is 23.8 Å². The first-order valence-electron chi connectivity index (χ1n) is 13.9. The number of rotatable bonds is 9. The maximum absolute atomic E-state index is 14.2. The van der Waals surface area contributed by atoms with E-state index in [9.17, 15) is 9.59 Å². The van der Waals surface area contributed by atoms with Gasteiger partial charge in [0.15, 0.2) is 5.60 Å². The van der Waals surface area contributed by atoms with Gasteiger partial charge in [-0.25, -0.2) is 4.79 Å². The number of pyridine rings is 1. The fourth-order valence-electron chi connectivity index (χ4n) is 7.42. The number of ether oxygens (including phenoxy) is 4. The van der Waals surface area contributed by atoms with Crippen LogP contribution >= 0.6 is 0 Å². The third-order valence-electron chi connectivity index (χ3n) is 9.26. The van der Waals surface area contributed by atoms with Crippen molar-refractivity contribution >= 4 is 22.8 Å². The van der Waals surface area contributed by atoms with E-state index < -0.39 is 29.2 Å². The zero-order valence-electron chi connectivity index (χ0n) is 23.6. The number of hydrogen-bond acceptors (Lipinski definition) is 8. The Morgan fingerprint density at radius 2 is 2.08 bits per heavy atom. The summed E-state index contributed by atoms with van der Waals surface area (Å²) in [5.74, 6) is 0.404. The van der Waals surface area contributed by atoms with Crippen LogP contribution in [0.25, 0.3) is 10.9 Å². The molecule has 0 radical (unpaired) electrons. The quantitative estimate of drug-likeness (QED) is 0.332. The topological polar surface area (TPSA) is 87.2 Å². The average Bonchev–Trinajstić information content (AvgIpc) is 2.94. The molecule has 39 heavy (non-hydrogen) atoms. The zero-order valence-corrected chi connectivity index (χ0v) is 23.6. The second kappa shape index (κ2) is 10.5. The van der Waals surface area contributed by atoms with Crippen LogP contribution < -0.4 is 4.74 Å². The van der Waals surface area contributed by atoms with Gasteiger partial charge in [0, 0.05) is 29.6 Å². The predicted molar refractivity (Wildman–Crippen MR) is 147 cm³/mol. The van der Waals surface area contributed by atoms with Gasteiger partial charge in [0.05, 0.1) is 37.8 Å². The van der Waals surface area contributed by atoms with E-state index in [1.54, 1.807) is 13.3 Å². The van der Waals surface area contributed by atoms with E-state index in [4.69, 9.17) is 18.9 Å². The van der Waals surface area contributed by atoms with Gasteiger partial charge in [-0.05, 0) is 75.8 Å². The zero-order chi connectivity index (χ0) is 27.9. The highest BCUT2D eigenvalue weighted by atomic mass is 16.6. The van der Waals surface area contributed by atoms with Gasteiger partial charge < -0.3 is 18.9 Å². The number of benzene rings is 1. The summed E-state index contributed by atoms with van der Waals surface area (Å²) in [6, 6.07) is 7.65. The van der Waals surface area contributed by atoms with Crippen LogP contribution in [-0.4, -0.2) is 66.4 Å². The molecule has 1 aromatic heterocycles. The molecule has 0 saturated carbocycles. The Morgan fingerprint density at radius 1 is 1.28 bits per heavy atom. The molecule has 1 aromatic carbocycles. The number of hydrogen-bond donors (Lipinski definition) is 0. The third-order valence-corrected chi connectivity index (χ3v) is 9.26. The summed E-state index contributed by atoms with van der Waals surface area (Å²) >= 11 is 0. The van der Waals surface area contributed by atoms with Crippen molar-refractivity contribution in [2.45, 2.75) is 69.8 Å². The van der Waals surface area contributed by atoms with Crippen LogP contribution in [0.15, 0.2) is 43.1 Å². The summed E-state index contributed by atoms with van der Waals surface area (Å²) in [6.45, 7) is 11.8. The minimum atomic E-state index is -1.39. The molecule has 6 rings (SSSR count). The molecule has 0 spiro atoms. The number of esters is 2. The first-order valence-corrected chi connectivity index (χ1v) is 13.9. The molecular formula is C31H40N2O6. The second-order valence-corrected chi connectivity index (χ2v) is 11.7. The Hall–Kier alpha value is -2.97. The van der Waals surface area contributed by atoms with Crippen molar-refractivity contribution in [3.05, 3.63) is 48.7 Å². The van der Waals surface area contributed by atoms with Crippen molar-refractivity contribution in [2.24, 2.45) is 17.8 Å². The Labute approximate surface area is 230 Å². The third kappa shape index (κ3) is 4.72. The van der Waals surface area contributed by atoms with Crippen LogP contribution in [0, 0.1) is 17.8 Å². The molecule has 0 aliphatic carbocycles. The molecule has 4 aliphatic rings. The maximum Gasteiger partial charge on any atom is 0.340 e. The maximum atomic E-state index is 14.2. The highest BCUT2D eigenvalue weighted by Gasteiger charge is 2.66. The molecule has 4 aliphatic heterocycles. The monoisotopic (exact) mass is 536 g/mol. The van der Waals surface area contributed by atoms with Crippen LogP contribution in [0.4, 0.5) is 0 Å². The lowest BCUT2D eigenvalue weighted by atomic mass is 9.66. The first-order chi connectivity index (χ1) is 18.7. The summed E-state index contributed by atoms with van der Waals surface area (Å²) in [5, 5.41) is 0.876. The summed E-state index contributed by atoms with van der Waals surface area (Å²) < 4.78 is 23.3. The molecule has 210 valence electrons. The molecule has 8 heteroatoms. The fourth-order valence-corrected chi connectivity index (χ4v) is 7.42. The van der Waals surface area contributed by atoms with Crippen LogP contribution in [0.2, 0.25) is 0 Å². The summed E-state index contributed by atoms with van der Waals surface area (Å²) in [7, 11) is 2.96. The van der Waals surface area contributed by atoms with Crippen molar-refractivity contribution in [1.82, 2.24) is 9.88 Å². The SMILES string of the molecule is C=C[C@H]1C[N@]2CC[C@H]1C[C@H]2[C@H](OC(=O)C1(CC(=O)OC)OC(C)(C)C1CC)c1ccnc2ccc(OC)cc12. The van der Waals surface area contributed by atoms with Crippen molar-refractivity contribution in [2.75, 3.05) is 27.3 Å². The van der Waals surface area contributed by atoms with Gasteiger partial charge in [0.1, 0.15) is 11.9 Å². The number of carbonyl (C=O) groups is 2. The van der Waals surface area contributed by atoms with Gasteiger partial charge in [0.25, 0.3) is 0 Å². The molecule has 0 N–H and O–H groups in total. The van der Waals surface area contributed by atoms with Gasteiger partial charge in [-0.2, -0.15) is 0 Å². The molecule has 2 bridgehead atoms. The lowest BCUT2D eigenvalue weighted by molar-refractivity contribution is -0.309. The molecule has 2 unspecified atom stereocenters. The lowest BCUT2D eigenvalue weighted by Crippen LogP contribution is -2.70. The minimum absolute atomic E-state index is 0.0240. The molecule has 4 saturated heterocycles. The number of aromatic nitrogens is 1. The highest BCUT2D eigenvalue weighted by molar-refractivity contribution is 5.89. The van der Waals surface area contributed by atoms with E-state index in [2.05, 4.69) is 22.5 Å². The number of methoxy groups -OCH3 is 2. The molecule has 7 atom stereocenters. The fraction of sp³-hybridized carbons (Fsp3) is 0.581. The van der Waals surface area contributed by atoms with Crippen molar-refractivity contribution < 1.29 is 28.5 Å². The van der Waals surface area contributed by atoms with Crippen LogP contribution in [0.5, 0.6) is 5.75 Å². The van der Waals surface area contributed by atoms with Crippen molar-refractivity contribution in [3.8, 4) is 5.75 Å². The molecular weight excluding hydrogens is 496 g/mol. The van der Waals surface area contributed by atoms with E-state index in [-0.39, 0.29) is 18.4 Å². The van der Waals surface area contributed by atoms with Crippen LogP contribution in [0.1, 0.15) is 58.1 Å². The number of carbonyl (C=O) groups excluding carboxylic acids is 2. The van der Waals surface area contributed by atoms with Crippen molar-refractivity contribution in [1.29, 1.82) is 0 Å². The molecule has 8 nitrogen and oxygen atoms in total. The highest BCUT2D eigenvalue weighted by Crippen LogP contribution is 2.53. The number of nitrogens with zero attached hydrogens (tertiary/aromatic N) is 2. The van der Waals surface area contributed by atoms with Crippen LogP contribution in [0.3, 0.4) is 0 Å². The van der Waals surface area contributed by atoms with Gasteiger partial charge >= 0.3 is 11.9 Å². The van der Waals surface area contributed by atoms with E-state index in [0.29, 0.717) is 24.0 Å². The van der Waals surface area contributed by atoms with Gasteiger partial charge in [-0.15, -0.1) is 6.58 Å². The smallest absolute Gasteiger partial charge is 0.340 e. The van der Waals surface area contributed by atoms with Gasteiger partial charge in [-0.3, -0.25) is 14.7 Å². The van der Waals surface area contributed by atoms with Crippen molar-refractivity contribution in [3.63, 3.8) is 0 Å². The van der Waals surface area contributed by atoms with Gasteiger partial charge in [0.2, 0.25) is 0 Å². The molecule has 5 heterocycles. The van der Waals surface area contributed by atoms with E-state index in [1.165, 1.54) is 7.11 Å². The Balaban J connectivity index is 1.57. The first kappa shape index (κ1) is 27.6. The number of fused-ring (bicyclic) bond motifs is 4. The number of piperidine rings is 3. The Bertz CT molecular complexity index is 1260. The molecule has 2 aromatic rings. The average molecular weight is 537 g/mol. The lowest BCUT2D eigenvalue weighted by Gasteiger charge is -2.58. The summed E-state index contributed by atoms with van der Waals surface area (Å²) in [6.07, 6.45) is 5.70. The summed E-state index contributed by atoms with van der Waals surface area (Å²) in [4.78, 5) is 33.7. The van der Waals surface area contributed by atoms with E-state index in [1.807, 2.05) is 45.0 Å². The summed E-state index contributed by atoms with van der Waals surface area (Å²) in [5.41, 5.74) is -0.277.